The van der Waals surface area contributed by atoms with Gasteiger partial charge in [-0.15, -0.1) is 0 Å². The van der Waals surface area contributed by atoms with Crippen molar-refractivity contribution in [1.29, 1.82) is 0 Å². The molecule has 0 bridgehead atoms. The molecule has 0 radical (unpaired) electrons. The van der Waals surface area contributed by atoms with Crippen LogP contribution in [-0.2, 0) is 30.5 Å². The van der Waals surface area contributed by atoms with Crippen LogP contribution >= 0.6 is 0 Å². The van der Waals surface area contributed by atoms with Crippen LogP contribution in [0.4, 0.5) is 4.79 Å². The number of carbonyl (C=O) groups excluding carboxylic acids is 4. The number of nitrogens with one attached hydrogen (secondary N) is 3. The van der Waals surface area contributed by atoms with Gasteiger partial charge < -0.3 is 25.4 Å². The van der Waals surface area contributed by atoms with Crippen molar-refractivity contribution in [2.75, 3.05) is 7.11 Å². The molecule has 3 N–H and O–H groups in total. The van der Waals surface area contributed by atoms with Gasteiger partial charge in [-0.1, -0.05) is 30.3 Å². The van der Waals surface area contributed by atoms with Gasteiger partial charge in [-0.05, 0) is 26.3 Å². The molecule has 0 saturated heterocycles. The fraction of sp³-hybridized carbons (Fsp3) is 0.444. The molecule has 1 aromatic rings. The summed E-state index contributed by atoms with van der Waals surface area (Å²) in [5.41, 5.74) is 0.815. The van der Waals surface area contributed by atoms with Crippen LogP contribution in [0.1, 0.15) is 26.3 Å². The van der Waals surface area contributed by atoms with Crippen molar-refractivity contribution in [3.8, 4) is 0 Å². The number of benzene rings is 1. The normalized spacial score (nSPS) is 13.5. The van der Waals surface area contributed by atoms with Crippen LogP contribution in [0.5, 0.6) is 0 Å². The summed E-state index contributed by atoms with van der Waals surface area (Å²) in [6, 6.07) is 6.43. The Morgan fingerprint density at radius 3 is 1.93 bits per heavy atom. The Hall–Kier alpha value is -3.10. The molecule has 0 aliphatic rings. The van der Waals surface area contributed by atoms with E-state index in [2.05, 4.69) is 20.7 Å². The van der Waals surface area contributed by atoms with Gasteiger partial charge in [0.2, 0.25) is 11.8 Å². The van der Waals surface area contributed by atoms with Crippen LogP contribution in [0.15, 0.2) is 30.3 Å². The second-order valence-electron chi connectivity index (χ2n) is 5.91. The highest BCUT2D eigenvalue weighted by atomic mass is 16.5. The van der Waals surface area contributed by atoms with Gasteiger partial charge in [0.1, 0.15) is 24.7 Å². The van der Waals surface area contributed by atoms with E-state index in [4.69, 9.17) is 4.74 Å². The molecule has 3 atom stereocenters. The average molecular weight is 379 g/mol. The van der Waals surface area contributed by atoms with Crippen molar-refractivity contribution in [3.63, 3.8) is 0 Å². The smallest absolute Gasteiger partial charge is 0.408 e. The maximum atomic E-state index is 12.1. The molecule has 0 aromatic heterocycles. The first kappa shape index (κ1) is 21.9. The van der Waals surface area contributed by atoms with Crippen molar-refractivity contribution in [2.45, 2.75) is 45.5 Å². The number of carbonyl (C=O) groups is 4. The topological polar surface area (TPSA) is 123 Å². The Bertz CT molecular complexity index is 664. The van der Waals surface area contributed by atoms with Crippen LogP contribution in [0, 0.1) is 0 Å². The van der Waals surface area contributed by atoms with Crippen LogP contribution < -0.4 is 16.0 Å². The highest BCUT2D eigenvalue weighted by Gasteiger charge is 2.24. The summed E-state index contributed by atoms with van der Waals surface area (Å²) in [5, 5.41) is 7.24. The number of amides is 3. The van der Waals surface area contributed by atoms with Crippen molar-refractivity contribution in [3.05, 3.63) is 35.9 Å². The molecule has 0 aliphatic carbocycles. The highest BCUT2D eigenvalue weighted by molar-refractivity contribution is 5.92. The Morgan fingerprint density at radius 1 is 0.852 bits per heavy atom. The molecule has 0 saturated carbocycles. The predicted octanol–water partition coefficient (Wildman–Crippen LogP) is 0.484. The lowest BCUT2D eigenvalue weighted by molar-refractivity contribution is -0.144. The standard InChI is InChI=1S/C18H25N3O6/c1-11(15(22)20-13(3)17(24)26-4)19-16(23)12(2)21-18(25)27-10-14-8-6-5-7-9-14/h5-9,11-13H,10H2,1-4H3,(H,19,23)(H,20,22)(H,21,25)/t11-,12-,13-/m0/s1. The molecule has 0 spiro atoms. The Balaban J connectivity index is 2.40. The summed E-state index contributed by atoms with van der Waals surface area (Å²) < 4.78 is 9.54. The molecular formula is C18H25N3O6. The summed E-state index contributed by atoms with van der Waals surface area (Å²) in [4.78, 5) is 47.1. The maximum absolute atomic E-state index is 12.1. The van der Waals surface area contributed by atoms with Gasteiger partial charge in [-0.2, -0.15) is 0 Å². The number of esters is 1. The van der Waals surface area contributed by atoms with E-state index in [0.29, 0.717) is 0 Å². The van der Waals surface area contributed by atoms with Gasteiger partial charge in [-0.25, -0.2) is 9.59 Å². The molecule has 0 heterocycles. The minimum absolute atomic E-state index is 0.0746. The second kappa shape index (κ2) is 10.8. The van der Waals surface area contributed by atoms with E-state index in [1.165, 1.54) is 27.9 Å². The largest absolute Gasteiger partial charge is 0.467 e. The van der Waals surface area contributed by atoms with Gasteiger partial charge in [-0.3, -0.25) is 9.59 Å². The summed E-state index contributed by atoms with van der Waals surface area (Å²) in [6.45, 7) is 4.45. The Morgan fingerprint density at radius 2 is 1.37 bits per heavy atom. The van der Waals surface area contributed by atoms with E-state index in [0.717, 1.165) is 5.56 Å². The molecule has 27 heavy (non-hydrogen) atoms. The number of methoxy groups -OCH3 is 1. The van der Waals surface area contributed by atoms with Gasteiger partial charge in [0.25, 0.3) is 0 Å². The van der Waals surface area contributed by atoms with Crippen molar-refractivity contribution >= 4 is 23.9 Å². The molecule has 1 rings (SSSR count). The van der Waals surface area contributed by atoms with Gasteiger partial charge >= 0.3 is 12.1 Å². The predicted molar refractivity (Wildman–Crippen MR) is 96.5 cm³/mol. The van der Waals surface area contributed by atoms with Crippen molar-refractivity contribution in [2.24, 2.45) is 0 Å². The van der Waals surface area contributed by atoms with Crippen molar-refractivity contribution < 1.29 is 28.7 Å². The molecule has 0 aliphatic heterocycles. The average Bonchev–Trinajstić information content (AvgIpc) is 2.66. The molecule has 9 nitrogen and oxygen atoms in total. The van der Waals surface area contributed by atoms with Crippen LogP contribution in [0.3, 0.4) is 0 Å². The van der Waals surface area contributed by atoms with Crippen LogP contribution in [0.2, 0.25) is 0 Å². The van der Waals surface area contributed by atoms with E-state index in [1.807, 2.05) is 18.2 Å². The molecule has 0 fully saturated rings. The van der Waals surface area contributed by atoms with Crippen LogP contribution in [-0.4, -0.2) is 49.1 Å². The van der Waals surface area contributed by atoms with Gasteiger partial charge in [0.05, 0.1) is 7.11 Å². The molecule has 0 unspecified atom stereocenters. The highest BCUT2D eigenvalue weighted by Crippen LogP contribution is 2.01. The monoisotopic (exact) mass is 379 g/mol. The Kier molecular flexibility index (Phi) is 8.77. The van der Waals surface area contributed by atoms with Crippen LogP contribution in [0.25, 0.3) is 0 Å². The number of hydrogen-bond donors (Lipinski definition) is 3. The first-order chi connectivity index (χ1) is 12.7. The van der Waals surface area contributed by atoms with E-state index < -0.39 is 42.0 Å². The Labute approximate surface area is 157 Å². The molecular weight excluding hydrogens is 354 g/mol. The number of ether oxygens (including phenoxy) is 2. The maximum Gasteiger partial charge on any atom is 0.408 e. The third kappa shape index (κ3) is 7.76. The van der Waals surface area contributed by atoms with E-state index >= 15 is 0 Å². The minimum Gasteiger partial charge on any atom is -0.467 e. The lowest BCUT2D eigenvalue weighted by atomic mass is 10.2. The quantitative estimate of drug-likeness (QED) is 0.565. The number of alkyl carbamates (subject to hydrolysis) is 1. The molecule has 3 amide bonds. The lowest BCUT2D eigenvalue weighted by Crippen LogP contribution is -2.53. The summed E-state index contributed by atoms with van der Waals surface area (Å²) in [7, 11) is 1.21. The zero-order valence-electron chi connectivity index (χ0n) is 15.8. The second-order valence-corrected chi connectivity index (χ2v) is 5.91. The number of rotatable bonds is 8. The zero-order chi connectivity index (χ0) is 20.4. The first-order valence-corrected chi connectivity index (χ1v) is 8.40. The van der Waals surface area contributed by atoms with E-state index in [-0.39, 0.29) is 6.61 Å². The fourth-order valence-corrected chi connectivity index (χ4v) is 1.99. The molecule has 148 valence electrons. The van der Waals surface area contributed by atoms with Gasteiger partial charge in [0.15, 0.2) is 0 Å². The summed E-state index contributed by atoms with van der Waals surface area (Å²) in [6.07, 6.45) is -0.752. The lowest BCUT2D eigenvalue weighted by Gasteiger charge is -2.19. The minimum atomic E-state index is -0.915. The zero-order valence-corrected chi connectivity index (χ0v) is 15.8. The van der Waals surface area contributed by atoms with Gasteiger partial charge in [0, 0.05) is 0 Å². The molecule has 9 heteroatoms. The molecule has 1 aromatic carbocycles. The summed E-state index contributed by atoms with van der Waals surface area (Å²) >= 11 is 0. The SMILES string of the molecule is COC(=O)[C@H](C)NC(=O)[C@H](C)NC(=O)[C@H](C)NC(=O)OCc1ccccc1. The number of hydrogen-bond acceptors (Lipinski definition) is 6. The van der Waals surface area contributed by atoms with E-state index in [9.17, 15) is 19.2 Å². The fourth-order valence-electron chi connectivity index (χ4n) is 1.99. The first-order valence-electron chi connectivity index (χ1n) is 8.40. The third-order valence-corrected chi connectivity index (χ3v) is 3.61. The van der Waals surface area contributed by atoms with Crippen molar-refractivity contribution in [1.82, 2.24) is 16.0 Å². The van der Waals surface area contributed by atoms with E-state index in [1.54, 1.807) is 12.1 Å². The third-order valence-electron chi connectivity index (χ3n) is 3.61. The summed E-state index contributed by atoms with van der Waals surface area (Å²) in [5.74, 6) is -1.72.